The van der Waals surface area contributed by atoms with Crippen LogP contribution in [0.15, 0.2) is 60.9 Å². The van der Waals surface area contributed by atoms with E-state index in [1.165, 1.54) is 29.8 Å². The molecule has 2 heterocycles. The van der Waals surface area contributed by atoms with E-state index in [-0.39, 0.29) is 5.69 Å². The molecule has 2 aromatic carbocycles. The minimum absolute atomic E-state index is 0.00830. The van der Waals surface area contributed by atoms with Crippen molar-refractivity contribution in [1.82, 2.24) is 14.5 Å². The first-order valence-electron chi connectivity index (χ1n) is 8.27. The van der Waals surface area contributed by atoms with Crippen LogP contribution in [0.1, 0.15) is 0 Å². The second-order valence-electron chi connectivity index (χ2n) is 5.80. The normalized spacial score (nSPS) is 10.6. The number of nitro benzene ring substituents is 1. The van der Waals surface area contributed by atoms with Crippen molar-refractivity contribution in [2.75, 3.05) is 10.6 Å². The Morgan fingerprint density at radius 1 is 1.07 bits per heavy atom. The average Bonchev–Trinajstić information content (AvgIpc) is 3.06. The summed E-state index contributed by atoms with van der Waals surface area (Å²) < 4.78 is 3.30. The van der Waals surface area contributed by atoms with Gasteiger partial charge in [-0.05, 0) is 48.7 Å². The summed E-state index contributed by atoms with van der Waals surface area (Å²) >= 11 is 12.3. The van der Waals surface area contributed by atoms with Gasteiger partial charge in [0.25, 0.3) is 5.69 Å². The van der Waals surface area contributed by atoms with Crippen molar-refractivity contribution in [3.8, 4) is 5.69 Å². The van der Waals surface area contributed by atoms with E-state index in [4.69, 9.17) is 24.4 Å². The molecule has 0 saturated heterocycles. The lowest BCUT2D eigenvalue weighted by Gasteiger charge is -2.10. The van der Waals surface area contributed by atoms with Crippen LogP contribution in [-0.2, 0) is 0 Å². The Kier molecular flexibility index (Phi) is 5.25. The molecule has 0 unspecified atom stereocenters. The van der Waals surface area contributed by atoms with Gasteiger partial charge in [0.15, 0.2) is 20.5 Å². The predicted octanol–water partition coefficient (Wildman–Crippen LogP) is 4.93. The van der Waals surface area contributed by atoms with Crippen molar-refractivity contribution in [3.63, 3.8) is 0 Å². The summed E-state index contributed by atoms with van der Waals surface area (Å²) in [7, 11) is 0. The van der Waals surface area contributed by atoms with Crippen LogP contribution in [0.5, 0.6) is 0 Å². The third-order valence-electron chi connectivity index (χ3n) is 3.95. The van der Waals surface area contributed by atoms with Gasteiger partial charge in [-0.3, -0.25) is 14.7 Å². The lowest BCUT2D eigenvalue weighted by Crippen LogP contribution is -2.19. The molecule has 4 aromatic rings. The average molecular weight is 441 g/mol. The number of anilines is 2. The van der Waals surface area contributed by atoms with Gasteiger partial charge in [-0.25, -0.2) is 9.97 Å². The lowest BCUT2D eigenvalue weighted by molar-refractivity contribution is -0.384. The number of nitrogens with one attached hydrogen (secondary N) is 2. The third-order valence-corrected chi connectivity index (χ3v) is 5.53. The van der Waals surface area contributed by atoms with E-state index in [2.05, 4.69) is 20.6 Å². The molecule has 0 saturated carbocycles. The molecule has 144 valence electrons. The molecule has 0 radical (unpaired) electrons. The van der Waals surface area contributed by atoms with Crippen LogP contribution in [0.3, 0.4) is 0 Å². The van der Waals surface area contributed by atoms with Crippen molar-refractivity contribution in [2.45, 2.75) is 0 Å². The monoisotopic (exact) mass is 440 g/mol. The quantitative estimate of drug-likeness (QED) is 0.262. The first-order chi connectivity index (χ1) is 14.0. The van der Waals surface area contributed by atoms with Crippen LogP contribution >= 0.6 is 35.8 Å². The summed E-state index contributed by atoms with van der Waals surface area (Å²) in [5.41, 5.74) is 2.23. The maximum Gasteiger partial charge on any atom is 0.269 e. The molecule has 29 heavy (non-hydrogen) atoms. The molecule has 0 amide bonds. The Balaban J connectivity index is 1.61. The molecule has 2 aromatic heterocycles. The maximum atomic E-state index is 10.8. The number of non-ortho nitro benzene ring substituents is 1. The van der Waals surface area contributed by atoms with Gasteiger partial charge in [-0.1, -0.05) is 29.5 Å². The van der Waals surface area contributed by atoms with Crippen LogP contribution in [0.25, 0.3) is 16.0 Å². The molecule has 0 fully saturated rings. The number of thiocarbonyl (C=S) groups is 1. The van der Waals surface area contributed by atoms with Crippen LogP contribution < -0.4 is 10.6 Å². The number of aromatic nitrogens is 3. The molecule has 0 atom stereocenters. The summed E-state index contributed by atoms with van der Waals surface area (Å²) in [6.45, 7) is 0. The Labute approximate surface area is 179 Å². The number of thiazole rings is 1. The topological polar surface area (TPSA) is 97.9 Å². The smallest absolute Gasteiger partial charge is 0.269 e. The first kappa shape index (κ1) is 19.1. The van der Waals surface area contributed by atoms with E-state index in [9.17, 15) is 10.1 Å². The molecule has 11 heteroatoms. The zero-order valence-electron chi connectivity index (χ0n) is 14.6. The summed E-state index contributed by atoms with van der Waals surface area (Å²) in [4.78, 5) is 19.0. The lowest BCUT2D eigenvalue weighted by atomic mass is 10.3. The number of fused-ring (bicyclic) bond motifs is 1. The summed E-state index contributed by atoms with van der Waals surface area (Å²) in [5.74, 6) is 0.528. The molecule has 0 spiro atoms. The zero-order valence-corrected chi connectivity index (χ0v) is 17.1. The van der Waals surface area contributed by atoms with Crippen LogP contribution in [-0.4, -0.2) is 24.6 Å². The minimum atomic E-state index is -0.455. The molecular formula is C18H12N6O2S3. The molecule has 8 nitrogen and oxygen atoms in total. The highest BCUT2D eigenvalue weighted by molar-refractivity contribution is 7.80. The van der Waals surface area contributed by atoms with Gasteiger partial charge in [0, 0.05) is 23.5 Å². The number of hydrogen-bond donors (Lipinski definition) is 2. The standard InChI is InChI=1S/C18H12N6O2S3/c25-24(26)13-8-6-11(7-9-13)21-17(27)22-15-14-16(20-10-19-15)23(18(28)29-14)12-4-2-1-3-5-12/h1-10H,(H2,19,20,21,22,27). The molecule has 0 aliphatic rings. The Hall–Kier alpha value is -3.28. The Morgan fingerprint density at radius 3 is 2.48 bits per heavy atom. The van der Waals surface area contributed by atoms with Crippen LogP contribution in [0.2, 0.25) is 0 Å². The van der Waals surface area contributed by atoms with Gasteiger partial charge in [-0.2, -0.15) is 0 Å². The number of rotatable bonds is 4. The predicted molar refractivity (Wildman–Crippen MR) is 121 cm³/mol. The van der Waals surface area contributed by atoms with Crippen molar-refractivity contribution in [2.24, 2.45) is 0 Å². The van der Waals surface area contributed by atoms with Gasteiger partial charge in [0.05, 0.1) is 4.92 Å². The fourth-order valence-electron chi connectivity index (χ4n) is 2.67. The number of hydrogen-bond acceptors (Lipinski definition) is 7. The second kappa shape index (κ2) is 7.99. The number of nitro groups is 1. The summed E-state index contributed by atoms with van der Waals surface area (Å²) in [6, 6.07) is 15.7. The van der Waals surface area contributed by atoms with Crippen LogP contribution in [0.4, 0.5) is 17.2 Å². The molecule has 4 rings (SSSR count). The third kappa shape index (κ3) is 3.97. The van der Waals surface area contributed by atoms with Crippen molar-refractivity contribution < 1.29 is 4.92 Å². The number of nitrogens with zero attached hydrogens (tertiary/aromatic N) is 4. The van der Waals surface area contributed by atoms with Crippen molar-refractivity contribution >= 4 is 68.4 Å². The molecule has 0 bridgehead atoms. The van der Waals surface area contributed by atoms with Crippen molar-refractivity contribution in [3.05, 3.63) is 75.0 Å². The van der Waals surface area contributed by atoms with E-state index in [1.54, 1.807) is 12.1 Å². The molecule has 2 N–H and O–H groups in total. The van der Waals surface area contributed by atoms with E-state index in [0.29, 0.717) is 26.2 Å². The largest absolute Gasteiger partial charge is 0.332 e. The molecule has 0 aliphatic carbocycles. The van der Waals surface area contributed by atoms with Gasteiger partial charge in [0.1, 0.15) is 11.0 Å². The number of para-hydroxylation sites is 1. The highest BCUT2D eigenvalue weighted by atomic mass is 32.1. The minimum Gasteiger partial charge on any atom is -0.332 e. The van der Waals surface area contributed by atoms with Crippen molar-refractivity contribution in [1.29, 1.82) is 0 Å². The van der Waals surface area contributed by atoms with Gasteiger partial charge in [0.2, 0.25) is 0 Å². The van der Waals surface area contributed by atoms with E-state index in [0.717, 1.165) is 10.4 Å². The van der Waals surface area contributed by atoms with Gasteiger partial charge >= 0.3 is 0 Å². The molecular weight excluding hydrogens is 428 g/mol. The summed E-state index contributed by atoms with van der Waals surface area (Å²) in [5, 5.41) is 17.1. The molecule has 0 aliphatic heterocycles. The first-order valence-corrected chi connectivity index (χ1v) is 9.90. The van der Waals surface area contributed by atoms with Gasteiger partial charge in [-0.15, -0.1) is 0 Å². The zero-order chi connectivity index (χ0) is 20.4. The fraction of sp³-hybridized carbons (Fsp3) is 0. The van der Waals surface area contributed by atoms with Gasteiger partial charge < -0.3 is 10.6 Å². The second-order valence-corrected chi connectivity index (χ2v) is 7.85. The van der Waals surface area contributed by atoms with Crippen LogP contribution in [0, 0.1) is 14.1 Å². The fourth-order valence-corrected chi connectivity index (χ4v) is 4.22. The maximum absolute atomic E-state index is 10.8. The highest BCUT2D eigenvalue weighted by Gasteiger charge is 2.14. The Morgan fingerprint density at radius 2 is 1.79 bits per heavy atom. The van der Waals surface area contributed by atoms with E-state index >= 15 is 0 Å². The Bertz CT molecular complexity index is 1270. The number of benzene rings is 2. The van der Waals surface area contributed by atoms with E-state index < -0.39 is 4.92 Å². The van der Waals surface area contributed by atoms with E-state index in [1.807, 2.05) is 34.9 Å². The summed E-state index contributed by atoms with van der Waals surface area (Å²) in [6.07, 6.45) is 1.44. The SMILES string of the molecule is O=[N+]([O-])c1ccc(NC(=S)Nc2ncnc3c2sc(=S)n3-c2ccccc2)cc1. The highest BCUT2D eigenvalue weighted by Crippen LogP contribution is 2.29.